The Morgan fingerprint density at radius 1 is 0.260 bits per heavy atom. The summed E-state index contributed by atoms with van der Waals surface area (Å²) >= 11 is 0. The normalized spacial score (nSPS) is 11.6. The van der Waals surface area contributed by atoms with Gasteiger partial charge >= 0.3 is 0 Å². The Balaban J connectivity index is 1.15. The van der Waals surface area contributed by atoms with Crippen molar-refractivity contribution >= 4 is 43.6 Å². The average Bonchev–Trinajstić information content (AvgIpc) is 3.71. The lowest BCUT2D eigenvalue weighted by Crippen LogP contribution is -1.97. The van der Waals surface area contributed by atoms with Crippen molar-refractivity contribution in [2.45, 2.75) is 0 Å². The molecule has 10 rings (SSSR count). The number of benzene rings is 8. The molecule has 0 N–H and O–H groups in total. The molecule has 0 unspecified atom stereocenters. The van der Waals surface area contributed by atoms with Crippen molar-refractivity contribution in [1.29, 1.82) is 0 Å². The summed E-state index contributed by atoms with van der Waals surface area (Å²) in [7, 11) is 0. The third-order valence-corrected chi connectivity index (χ3v) is 10.1. The van der Waals surface area contributed by atoms with Gasteiger partial charge in [-0.05, 0) is 76.3 Å². The molecule has 0 atom stereocenters. The van der Waals surface area contributed by atoms with Crippen LogP contribution in [-0.4, -0.2) is 9.13 Å². The first-order valence-corrected chi connectivity index (χ1v) is 17.2. The zero-order valence-corrected chi connectivity index (χ0v) is 27.4. The maximum atomic E-state index is 2.44. The molecule has 10 aromatic rings. The first-order valence-electron chi connectivity index (χ1n) is 17.2. The molecule has 234 valence electrons. The Morgan fingerprint density at radius 3 is 1.52 bits per heavy atom. The molecule has 0 aliphatic carbocycles. The van der Waals surface area contributed by atoms with Crippen LogP contribution in [-0.2, 0) is 0 Å². The second kappa shape index (κ2) is 11.5. The van der Waals surface area contributed by atoms with E-state index in [4.69, 9.17) is 0 Å². The molecule has 0 aliphatic heterocycles. The Labute approximate surface area is 290 Å². The van der Waals surface area contributed by atoms with E-state index in [1.54, 1.807) is 0 Å². The average molecular weight is 637 g/mol. The smallest absolute Gasteiger partial charge is 0.0547 e. The molecular formula is C48H32N2. The summed E-state index contributed by atoms with van der Waals surface area (Å²) in [5.74, 6) is 0. The maximum Gasteiger partial charge on any atom is 0.0547 e. The minimum Gasteiger partial charge on any atom is -0.309 e. The highest BCUT2D eigenvalue weighted by atomic mass is 15.0. The summed E-state index contributed by atoms with van der Waals surface area (Å²) in [5.41, 5.74) is 14.4. The van der Waals surface area contributed by atoms with Gasteiger partial charge in [0.2, 0.25) is 0 Å². The van der Waals surface area contributed by atoms with Crippen LogP contribution in [0.25, 0.3) is 88.4 Å². The van der Waals surface area contributed by atoms with E-state index in [0.29, 0.717) is 0 Å². The largest absolute Gasteiger partial charge is 0.309 e. The van der Waals surface area contributed by atoms with Crippen molar-refractivity contribution < 1.29 is 0 Å². The van der Waals surface area contributed by atoms with E-state index in [9.17, 15) is 0 Å². The van der Waals surface area contributed by atoms with Crippen LogP contribution in [0.15, 0.2) is 194 Å². The Bertz CT molecular complexity index is 2840. The molecule has 0 radical (unpaired) electrons. The predicted octanol–water partition coefficient (Wildman–Crippen LogP) is 12.9. The second-order valence-electron chi connectivity index (χ2n) is 13.0. The molecule has 0 saturated heterocycles. The van der Waals surface area contributed by atoms with Gasteiger partial charge in [0.25, 0.3) is 0 Å². The number of hydrogen-bond acceptors (Lipinski definition) is 0. The van der Waals surface area contributed by atoms with Gasteiger partial charge in [0.15, 0.2) is 0 Å². The van der Waals surface area contributed by atoms with Gasteiger partial charge in [0.1, 0.15) is 0 Å². The molecule has 2 nitrogen and oxygen atoms in total. The fraction of sp³-hybridized carbons (Fsp3) is 0. The zero-order valence-electron chi connectivity index (χ0n) is 27.4. The van der Waals surface area contributed by atoms with Crippen LogP contribution in [0.5, 0.6) is 0 Å². The molecule has 50 heavy (non-hydrogen) atoms. The Hall–Kier alpha value is -6.64. The number of hydrogen-bond donors (Lipinski definition) is 0. The van der Waals surface area contributed by atoms with E-state index in [0.717, 1.165) is 5.69 Å². The van der Waals surface area contributed by atoms with Crippen molar-refractivity contribution in [1.82, 2.24) is 9.13 Å². The van der Waals surface area contributed by atoms with E-state index in [1.807, 2.05) is 0 Å². The molecule has 0 spiro atoms. The molecule has 0 aliphatic rings. The molecule has 8 aromatic carbocycles. The SMILES string of the molecule is c1ccc(-c2ccc(-n3c4ccccc4c4cc(-c5ccc6c7ccccc7n(-c7ccccc7-c7ccccc7)c6c5)ccc43)cc2)cc1. The van der Waals surface area contributed by atoms with E-state index in [1.165, 1.54) is 82.7 Å². The lowest BCUT2D eigenvalue weighted by molar-refractivity contribution is 1.18. The second-order valence-corrected chi connectivity index (χ2v) is 13.0. The number of rotatable bonds is 5. The zero-order chi connectivity index (χ0) is 33.0. The van der Waals surface area contributed by atoms with Crippen LogP contribution >= 0.6 is 0 Å². The van der Waals surface area contributed by atoms with Crippen molar-refractivity contribution in [2.75, 3.05) is 0 Å². The Morgan fingerprint density at radius 2 is 0.760 bits per heavy atom. The summed E-state index contributed by atoms with van der Waals surface area (Å²) in [6.45, 7) is 0. The van der Waals surface area contributed by atoms with Crippen LogP contribution in [0.2, 0.25) is 0 Å². The van der Waals surface area contributed by atoms with Crippen molar-refractivity contribution in [3.05, 3.63) is 194 Å². The van der Waals surface area contributed by atoms with Crippen LogP contribution in [0.1, 0.15) is 0 Å². The lowest BCUT2D eigenvalue weighted by Gasteiger charge is -2.14. The lowest BCUT2D eigenvalue weighted by atomic mass is 10.0. The molecular weight excluding hydrogens is 605 g/mol. The first kappa shape index (κ1) is 28.4. The monoisotopic (exact) mass is 636 g/mol. The van der Waals surface area contributed by atoms with Crippen LogP contribution in [0.3, 0.4) is 0 Å². The fourth-order valence-corrected chi connectivity index (χ4v) is 7.80. The van der Waals surface area contributed by atoms with Crippen LogP contribution < -0.4 is 0 Å². The summed E-state index contributed by atoms with van der Waals surface area (Å²) in [5, 5.41) is 5.02. The van der Waals surface area contributed by atoms with Crippen LogP contribution in [0, 0.1) is 0 Å². The summed E-state index contributed by atoms with van der Waals surface area (Å²) in [6.07, 6.45) is 0. The third kappa shape index (κ3) is 4.50. The first-order chi connectivity index (χ1) is 24.8. The van der Waals surface area contributed by atoms with Gasteiger partial charge in [-0.15, -0.1) is 0 Å². The standard InChI is InChI=1S/C48H32N2/c1-3-13-33(14-4-1)34-23-27-38(28-24-34)49-45-21-11-9-19-41(45)43-31-36(26-30-47(43)49)37-25-29-42-40-18-8-12-22-46(40)50(48(42)32-37)44-20-10-7-17-39(44)35-15-5-2-6-16-35/h1-32H. The number of nitrogens with zero attached hydrogens (tertiary/aromatic N) is 2. The van der Waals surface area contributed by atoms with Crippen molar-refractivity contribution in [3.8, 4) is 44.8 Å². The van der Waals surface area contributed by atoms with Gasteiger partial charge in [-0.2, -0.15) is 0 Å². The predicted molar refractivity (Wildman–Crippen MR) is 211 cm³/mol. The molecule has 0 fully saturated rings. The minimum atomic E-state index is 1.16. The van der Waals surface area contributed by atoms with Gasteiger partial charge < -0.3 is 9.13 Å². The molecule has 0 amide bonds. The maximum absolute atomic E-state index is 2.44. The molecule has 0 bridgehead atoms. The highest BCUT2D eigenvalue weighted by molar-refractivity contribution is 6.12. The number of aromatic nitrogens is 2. The summed E-state index contributed by atoms with van der Waals surface area (Å²) in [6, 6.07) is 70.4. The van der Waals surface area contributed by atoms with E-state index < -0.39 is 0 Å². The van der Waals surface area contributed by atoms with Gasteiger partial charge in [0, 0.05) is 32.8 Å². The van der Waals surface area contributed by atoms with Crippen molar-refractivity contribution in [3.63, 3.8) is 0 Å². The van der Waals surface area contributed by atoms with Gasteiger partial charge in [-0.1, -0.05) is 146 Å². The van der Waals surface area contributed by atoms with Gasteiger partial charge in [-0.3, -0.25) is 0 Å². The topological polar surface area (TPSA) is 9.86 Å². The minimum absolute atomic E-state index is 1.16. The van der Waals surface area contributed by atoms with E-state index in [2.05, 4.69) is 203 Å². The fourth-order valence-electron chi connectivity index (χ4n) is 7.80. The van der Waals surface area contributed by atoms with Gasteiger partial charge in [0.05, 0.1) is 27.8 Å². The third-order valence-electron chi connectivity index (χ3n) is 10.1. The van der Waals surface area contributed by atoms with Crippen molar-refractivity contribution in [2.24, 2.45) is 0 Å². The Kier molecular flexibility index (Phi) is 6.53. The van der Waals surface area contributed by atoms with E-state index >= 15 is 0 Å². The summed E-state index contributed by atoms with van der Waals surface area (Å²) < 4.78 is 4.84. The highest BCUT2D eigenvalue weighted by Crippen LogP contribution is 2.40. The highest BCUT2D eigenvalue weighted by Gasteiger charge is 2.17. The molecule has 0 saturated carbocycles. The van der Waals surface area contributed by atoms with Gasteiger partial charge in [-0.25, -0.2) is 0 Å². The number of para-hydroxylation sites is 3. The molecule has 2 heterocycles. The van der Waals surface area contributed by atoms with Crippen LogP contribution in [0.4, 0.5) is 0 Å². The molecule has 2 aromatic heterocycles. The summed E-state index contributed by atoms with van der Waals surface area (Å²) in [4.78, 5) is 0. The van der Waals surface area contributed by atoms with E-state index in [-0.39, 0.29) is 0 Å². The number of fused-ring (bicyclic) bond motifs is 6. The molecule has 2 heteroatoms. The quantitative estimate of drug-likeness (QED) is 0.178.